The van der Waals surface area contributed by atoms with Crippen molar-refractivity contribution in [1.29, 1.82) is 0 Å². The van der Waals surface area contributed by atoms with E-state index in [0.717, 1.165) is 19.2 Å². The molecule has 0 aromatic heterocycles. The summed E-state index contributed by atoms with van der Waals surface area (Å²) in [7, 11) is -1.67. The van der Waals surface area contributed by atoms with Crippen molar-refractivity contribution in [1.82, 2.24) is 0 Å². The minimum absolute atomic E-state index is 0.787. The summed E-state index contributed by atoms with van der Waals surface area (Å²) in [5.41, 5.74) is 0. The minimum atomic E-state index is -1.67. The lowest BCUT2D eigenvalue weighted by molar-refractivity contribution is 0.426. The summed E-state index contributed by atoms with van der Waals surface area (Å²) in [6.07, 6.45) is 2.17. The number of benzene rings is 3. The fourth-order valence-electron chi connectivity index (χ4n) is 3.24. The fourth-order valence-corrected chi connectivity index (χ4v) is 7.87. The van der Waals surface area contributed by atoms with Crippen LogP contribution in [0, 0.1) is 0 Å². The van der Waals surface area contributed by atoms with Crippen molar-refractivity contribution < 1.29 is 3.07 Å². The summed E-state index contributed by atoms with van der Waals surface area (Å²) in [6, 6.07) is 33.0. The first-order valence-corrected chi connectivity index (χ1v) is 11.0. The van der Waals surface area contributed by atoms with Crippen LogP contribution in [0.5, 0.6) is 0 Å². The van der Waals surface area contributed by atoms with Gasteiger partial charge in [0.15, 0.2) is 0 Å². The van der Waals surface area contributed by atoms with Gasteiger partial charge in [-0.05, 0) is 36.4 Å². The SMILES string of the molecule is IOCCC[P+](c1ccccc1)(c1ccccc1)c1ccccc1. The highest BCUT2D eigenvalue weighted by Gasteiger charge is 2.44. The van der Waals surface area contributed by atoms with Crippen molar-refractivity contribution >= 4 is 46.2 Å². The molecular weight excluding hydrogens is 426 g/mol. The van der Waals surface area contributed by atoms with Crippen molar-refractivity contribution in [2.45, 2.75) is 6.42 Å². The summed E-state index contributed by atoms with van der Waals surface area (Å²) < 4.78 is 5.33. The number of hydrogen-bond donors (Lipinski definition) is 0. The summed E-state index contributed by atoms with van der Waals surface area (Å²) in [6.45, 7) is 0.787. The minimum Gasteiger partial charge on any atom is -0.316 e. The van der Waals surface area contributed by atoms with E-state index in [0.29, 0.717) is 0 Å². The first kappa shape index (κ1) is 17.6. The van der Waals surface area contributed by atoms with Crippen LogP contribution >= 0.6 is 30.3 Å². The molecule has 0 radical (unpaired) electrons. The Labute approximate surface area is 159 Å². The average molecular weight is 447 g/mol. The van der Waals surface area contributed by atoms with Crippen LogP contribution in [-0.4, -0.2) is 12.8 Å². The molecule has 3 heteroatoms. The zero-order valence-corrected chi connectivity index (χ0v) is 16.6. The Balaban J connectivity index is 2.20. The van der Waals surface area contributed by atoms with Gasteiger partial charge in [0, 0.05) is 6.42 Å². The van der Waals surface area contributed by atoms with Crippen LogP contribution in [0.15, 0.2) is 91.0 Å². The second-order valence-corrected chi connectivity index (χ2v) is 9.95. The highest BCUT2D eigenvalue weighted by Crippen LogP contribution is 2.55. The zero-order valence-electron chi connectivity index (χ0n) is 13.5. The standard InChI is InChI=1S/C21H21IOP/c22-23-17-10-18-24(19-11-4-1-5-12-19,20-13-6-2-7-14-20)21-15-8-3-9-16-21/h1-9,11-16H,10,17-18H2/q+1. The fraction of sp³-hybridized carbons (Fsp3) is 0.143. The maximum atomic E-state index is 5.33. The Bertz CT molecular complexity index is 635. The third-order valence-corrected chi connectivity index (χ3v) is 9.27. The lowest BCUT2D eigenvalue weighted by Crippen LogP contribution is -2.33. The maximum Gasteiger partial charge on any atom is 0.112 e. The summed E-state index contributed by atoms with van der Waals surface area (Å²) in [5, 5.41) is 4.32. The Hall–Kier alpha value is -1.22. The smallest absolute Gasteiger partial charge is 0.112 e. The van der Waals surface area contributed by atoms with E-state index >= 15 is 0 Å². The topological polar surface area (TPSA) is 9.23 Å². The van der Waals surface area contributed by atoms with Gasteiger partial charge in [-0.3, -0.25) is 0 Å². The Morgan fingerprint density at radius 2 is 1.00 bits per heavy atom. The summed E-state index contributed by atoms with van der Waals surface area (Å²) in [5.74, 6) is 0. The third-order valence-electron chi connectivity index (χ3n) is 4.31. The molecule has 0 saturated heterocycles. The number of hydrogen-bond acceptors (Lipinski definition) is 1. The van der Waals surface area contributed by atoms with Crippen molar-refractivity contribution in [3.63, 3.8) is 0 Å². The predicted octanol–water partition coefficient (Wildman–Crippen LogP) is 4.74. The Morgan fingerprint density at radius 3 is 1.33 bits per heavy atom. The molecule has 0 heterocycles. The van der Waals surface area contributed by atoms with Gasteiger partial charge in [0.1, 0.15) is 46.2 Å². The van der Waals surface area contributed by atoms with Gasteiger partial charge in [-0.2, -0.15) is 0 Å². The third kappa shape index (κ3) is 3.72. The summed E-state index contributed by atoms with van der Waals surface area (Å²) in [4.78, 5) is 0. The van der Waals surface area contributed by atoms with Crippen molar-refractivity contribution in [3.8, 4) is 0 Å². The molecule has 0 atom stereocenters. The van der Waals surface area contributed by atoms with Gasteiger partial charge in [0.2, 0.25) is 0 Å². The highest BCUT2D eigenvalue weighted by atomic mass is 127. The van der Waals surface area contributed by atoms with Gasteiger partial charge in [0.25, 0.3) is 0 Å². The van der Waals surface area contributed by atoms with Crippen molar-refractivity contribution in [2.75, 3.05) is 12.8 Å². The lowest BCUT2D eigenvalue weighted by atomic mass is 10.4. The first-order chi connectivity index (χ1) is 11.9. The first-order valence-electron chi connectivity index (χ1n) is 8.16. The van der Waals surface area contributed by atoms with E-state index in [4.69, 9.17) is 3.07 Å². The lowest BCUT2D eigenvalue weighted by Gasteiger charge is -2.27. The van der Waals surface area contributed by atoms with E-state index in [9.17, 15) is 0 Å². The van der Waals surface area contributed by atoms with E-state index < -0.39 is 7.26 Å². The molecule has 0 fully saturated rings. The molecule has 0 N–H and O–H groups in total. The van der Waals surface area contributed by atoms with Crippen LogP contribution in [0.25, 0.3) is 0 Å². The molecular formula is C21H21IOP+. The van der Waals surface area contributed by atoms with E-state index in [1.165, 1.54) is 15.9 Å². The molecule has 0 aliphatic carbocycles. The molecule has 0 aliphatic heterocycles. The molecule has 3 aromatic rings. The van der Waals surface area contributed by atoms with Crippen LogP contribution in [-0.2, 0) is 3.07 Å². The number of halogens is 1. The van der Waals surface area contributed by atoms with Gasteiger partial charge in [-0.1, -0.05) is 54.6 Å². The molecule has 3 aromatic carbocycles. The van der Waals surface area contributed by atoms with Gasteiger partial charge in [-0.15, -0.1) is 0 Å². The highest BCUT2D eigenvalue weighted by molar-refractivity contribution is 14.1. The van der Waals surface area contributed by atoms with Gasteiger partial charge in [-0.25, -0.2) is 0 Å². The van der Waals surface area contributed by atoms with Gasteiger partial charge < -0.3 is 3.07 Å². The molecule has 0 aliphatic rings. The van der Waals surface area contributed by atoms with Crippen LogP contribution in [0.2, 0.25) is 0 Å². The molecule has 0 amide bonds. The van der Waals surface area contributed by atoms with E-state index in [1.807, 2.05) is 23.0 Å². The summed E-state index contributed by atoms with van der Waals surface area (Å²) >= 11 is 2.00. The molecule has 1 nitrogen and oxygen atoms in total. The van der Waals surface area contributed by atoms with Crippen LogP contribution in [0.3, 0.4) is 0 Å². The molecule has 0 bridgehead atoms. The molecule has 24 heavy (non-hydrogen) atoms. The molecule has 0 unspecified atom stereocenters. The Kier molecular flexibility index (Phi) is 6.42. The van der Waals surface area contributed by atoms with E-state index in [1.54, 1.807) is 0 Å². The average Bonchev–Trinajstić information content (AvgIpc) is 2.68. The van der Waals surface area contributed by atoms with Gasteiger partial charge in [0.05, 0.1) is 12.8 Å². The van der Waals surface area contributed by atoms with Crippen LogP contribution < -0.4 is 15.9 Å². The molecule has 0 saturated carbocycles. The zero-order chi connectivity index (χ0) is 16.7. The van der Waals surface area contributed by atoms with Crippen LogP contribution in [0.4, 0.5) is 0 Å². The monoisotopic (exact) mass is 447 g/mol. The molecule has 122 valence electrons. The van der Waals surface area contributed by atoms with E-state index in [-0.39, 0.29) is 0 Å². The number of rotatable bonds is 7. The van der Waals surface area contributed by atoms with Crippen LogP contribution in [0.1, 0.15) is 6.42 Å². The molecule has 0 spiro atoms. The second-order valence-electron chi connectivity index (χ2n) is 5.71. The van der Waals surface area contributed by atoms with E-state index in [2.05, 4.69) is 91.0 Å². The Morgan fingerprint density at radius 1 is 0.625 bits per heavy atom. The predicted molar refractivity (Wildman–Crippen MR) is 115 cm³/mol. The maximum absolute atomic E-state index is 5.33. The van der Waals surface area contributed by atoms with Crippen molar-refractivity contribution in [3.05, 3.63) is 91.0 Å². The second kappa shape index (κ2) is 8.75. The van der Waals surface area contributed by atoms with Crippen molar-refractivity contribution in [2.24, 2.45) is 0 Å². The largest absolute Gasteiger partial charge is 0.316 e. The normalized spacial score (nSPS) is 11.4. The quantitative estimate of drug-likeness (QED) is 0.289. The van der Waals surface area contributed by atoms with Gasteiger partial charge >= 0.3 is 0 Å². The molecule has 3 rings (SSSR count).